The minimum absolute atomic E-state index is 0.360. The molecule has 9 nitrogen and oxygen atoms in total. The first-order valence-corrected chi connectivity index (χ1v) is 12.1. The van der Waals surface area contributed by atoms with Crippen molar-refractivity contribution in [1.29, 1.82) is 0 Å². The van der Waals surface area contributed by atoms with Gasteiger partial charge in [-0.05, 0) is 62.5 Å². The van der Waals surface area contributed by atoms with Crippen LogP contribution in [-0.2, 0) is 14.3 Å². The maximum Gasteiger partial charge on any atom is 0.330 e. The van der Waals surface area contributed by atoms with E-state index in [2.05, 4.69) is 4.90 Å². The number of nitrogens with zero attached hydrogens (tertiary/aromatic N) is 1. The number of esters is 1. The Bertz CT molecular complexity index is 827. The summed E-state index contributed by atoms with van der Waals surface area (Å²) in [5, 5.41) is 39.1. The van der Waals surface area contributed by atoms with Crippen molar-refractivity contribution in [2.75, 3.05) is 26.3 Å². The molecule has 3 aliphatic heterocycles. The van der Waals surface area contributed by atoms with E-state index >= 15 is 0 Å². The molecule has 0 radical (unpaired) electrons. The molecule has 1 aromatic carbocycles. The number of carbonyl (C=O) groups excluding carboxylic acids is 1. The van der Waals surface area contributed by atoms with Crippen LogP contribution in [0, 0.1) is 5.92 Å². The van der Waals surface area contributed by atoms with Crippen LogP contribution < -0.4 is 4.74 Å². The number of aliphatic hydroxyl groups is 4. The number of ether oxygens (including phenoxy) is 3. The summed E-state index contributed by atoms with van der Waals surface area (Å²) in [4.78, 5) is 14.8. The molecular weight excluding hydrogens is 442 g/mol. The molecule has 1 aromatic rings. The number of aliphatic hydroxyl groups excluding tert-OH is 4. The zero-order valence-corrected chi connectivity index (χ0v) is 19.2. The van der Waals surface area contributed by atoms with Crippen LogP contribution >= 0.6 is 0 Å². The number of carbonyl (C=O) groups is 1. The van der Waals surface area contributed by atoms with E-state index in [-0.39, 0.29) is 5.97 Å². The third-order valence-corrected chi connectivity index (χ3v) is 7.06. The Morgan fingerprint density at radius 1 is 1.03 bits per heavy atom. The van der Waals surface area contributed by atoms with Crippen LogP contribution in [0.15, 0.2) is 30.3 Å². The quantitative estimate of drug-likeness (QED) is 0.331. The molecule has 3 fully saturated rings. The number of hydrogen-bond acceptors (Lipinski definition) is 9. The average Bonchev–Trinajstić information content (AvgIpc) is 2.87. The van der Waals surface area contributed by atoms with Crippen LogP contribution in [-0.4, -0.2) is 94.3 Å². The van der Waals surface area contributed by atoms with Gasteiger partial charge in [0.15, 0.2) is 0 Å². The molecular formula is C25H35NO8. The van der Waals surface area contributed by atoms with E-state index in [9.17, 15) is 25.2 Å². The second-order valence-corrected chi connectivity index (χ2v) is 9.35. The van der Waals surface area contributed by atoms with Gasteiger partial charge in [-0.3, -0.25) is 4.90 Å². The Labute approximate surface area is 199 Å². The smallest absolute Gasteiger partial charge is 0.330 e. The molecule has 0 saturated carbocycles. The van der Waals surface area contributed by atoms with Crippen molar-refractivity contribution in [3.05, 3.63) is 35.9 Å². The Hall–Kier alpha value is -2.01. The summed E-state index contributed by atoms with van der Waals surface area (Å²) in [5.74, 6) is 0.401. The van der Waals surface area contributed by atoms with E-state index in [1.807, 2.05) is 0 Å². The highest BCUT2D eigenvalue weighted by Crippen LogP contribution is 2.31. The molecule has 3 heterocycles. The topological polar surface area (TPSA) is 129 Å². The second kappa shape index (κ2) is 11.6. The summed E-state index contributed by atoms with van der Waals surface area (Å²) in [6, 6.07) is 7.25. The fourth-order valence-electron chi connectivity index (χ4n) is 5.13. The SMILES string of the molecule is O=C(C=Cc1ccc(O[C@@H]2O[C@H](CO)[C@@H](O)[C@@H](O)[C@H]2O)cc1)OC[C@@H]1CCCN2CCCC[C@H]12. The van der Waals surface area contributed by atoms with Crippen molar-refractivity contribution in [2.45, 2.75) is 68.9 Å². The summed E-state index contributed by atoms with van der Waals surface area (Å²) < 4.78 is 16.5. The van der Waals surface area contributed by atoms with E-state index in [4.69, 9.17) is 14.2 Å². The fourth-order valence-corrected chi connectivity index (χ4v) is 5.13. The predicted molar refractivity (Wildman–Crippen MR) is 123 cm³/mol. The lowest BCUT2D eigenvalue weighted by atomic mass is 9.84. The Morgan fingerprint density at radius 3 is 2.56 bits per heavy atom. The van der Waals surface area contributed by atoms with Gasteiger partial charge in [-0.2, -0.15) is 0 Å². The Balaban J connectivity index is 1.26. The third kappa shape index (κ3) is 5.97. The summed E-state index contributed by atoms with van der Waals surface area (Å²) >= 11 is 0. The number of piperidine rings is 2. The van der Waals surface area contributed by atoms with Gasteiger partial charge in [0.05, 0.1) is 13.2 Å². The molecule has 3 saturated heterocycles. The van der Waals surface area contributed by atoms with E-state index in [1.54, 1.807) is 30.3 Å². The summed E-state index contributed by atoms with van der Waals surface area (Å²) in [5.41, 5.74) is 0.759. The first-order chi connectivity index (χ1) is 16.5. The van der Waals surface area contributed by atoms with Crippen LogP contribution in [0.25, 0.3) is 6.08 Å². The lowest BCUT2D eigenvalue weighted by Crippen LogP contribution is -2.60. The van der Waals surface area contributed by atoms with Crippen molar-refractivity contribution in [2.24, 2.45) is 5.92 Å². The van der Waals surface area contributed by atoms with Crippen LogP contribution in [0.1, 0.15) is 37.7 Å². The number of rotatable bonds is 7. The molecule has 0 spiro atoms. The van der Waals surface area contributed by atoms with Gasteiger partial charge in [-0.1, -0.05) is 18.6 Å². The molecule has 0 aliphatic carbocycles. The minimum Gasteiger partial charge on any atom is -0.462 e. The minimum atomic E-state index is -1.50. The first-order valence-electron chi connectivity index (χ1n) is 12.1. The zero-order valence-electron chi connectivity index (χ0n) is 19.2. The van der Waals surface area contributed by atoms with Crippen molar-refractivity contribution in [3.8, 4) is 5.75 Å². The van der Waals surface area contributed by atoms with Crippen molar-refractivity contribution >= 4 is 12.0 Å². The molecule has 4 N–H and O–H groups in total. The summed E-state index contributed by atoms with van der Waals surface area (Å²) in [6.07, 6.45) is 2.35. The average molecular weight is 478 g/mol. The molecule has 7 atom stereocenters. The molecule has 4 rings (SSSR count). The van der Waals surface area contributed by atoms with E-state index in [1.165, 1.54) is 25.3 Å². The third-order valence-electron chi connectivity index (χ3n) is 7.06. The van der Waals surface area contributed by atoms with Gasteiger partial charge in [-0.25, -0.2) is 4.79 Å². The highest BCUT2D eigenvalue weighted by molar-refractivity contribution is 5.87. The first kappa shape index (κ1) is 25.1. The normalized spacial score (nSPS) is 34.5. The van der Waals surface area contributed by atoms with Crippen LogP contribution in [0.4, 0.5) is 0 Å². The van der Waals surface area contributed by atoms with E-state index in [0.29, 0.717) is 24.3 Å². The van der Waals surface area contributed by atoms with E-state index < -0.39 is 37.3 Å². The molecule has 34 heavy (non-hydrogen) atoms. The lowest BCUT2D eigenvalue weighted by molar-refractivity contribution is -0.277. The maximum atomic E-state index is 12.2. The van der Waals surface area contributed by atoms with Gasteiger partial charge in [-0.15, -0.1) is 0 Å². The van der Waals surface area contributed by atoms with Gasteiger partial charge < -0.3 is 34.6 Å². The largest absolute Gasteiger partial charge is 0.462 e. The predicted octanol–water partition coefficient (Wildman–Crippen LogP) is 0.686. The van der Waals surface area contributed by atoms with Crippen molar-refractivity contribution in [3.63, 3.8) is 0 Å². The van der Waals surface area contributed by atoms with Crippen LogP contribution in [0.2, 0.25) is 0 Å². The number of fused-ring (bicyclic) bond motifs is 1. The monoisotopic (exact) mass is 477 g/mol. The second-order valence-electron chi connectivity index (χ2n) is 9.35. The number of hydrogen-bond donors (Lipinski definition) is 4. The van der Waals surface area contributed by atoms with Gasteiger partial charge >= 0.3 is 5.97 Å². The van der Waals surface area contributed by atoms with Crippen molar-refractivity contribution < 1.29 is 39.4 Å². The molecule has 9 heteroatoms. The standard InChI is InChI=1S/C25H35NO8/c27-14-20-22(29)23(30)24(31)25(34-20)33-18-9-6-16(7-10-18)8-11-21(28)32-15-17-4-3-13-26-12-2-1-5-19(17)26/h6-11,17,19-20,22-25,27,29-31H,1-5,12-15H2/t17-,19+,20+,22+,23+,24+,25+/m0/s1. The van der Waals surface area contributed by atoms with Gasteiger partial charge in [0.2, 0.25) is 6.29 Å². The van der Waals surface area contributed by atoms with Gasteiger partial charge in [0, 0.05) is 18.0 Å². The molecule has 0 aromatic heterocycles. The summed E-state index contributed by atoms with van der Waals surface area (Å²) in [7, 11) is 0. The van der Waals surface area contributed by atoms with Crippen molar-refractivity contribution in [1.82, 2.24) is 4.90 Å². The molecule has 3 aliphatic rings. The highest BCUT2D eigenvalue weighted by atomic mass is 16.7. The number of benzene rings is 1. The van der Waals surface area contributed by atoms with E-state index in [0.717, 1.165) is 31.5 Å². The lowest BCUT2D eigenvalue weighted by Gasteiger charge is -2.44. The van der Waals surface area contributed by atoms with Crippen LogP contribution in [0.5, 0.6) is 5.75 Å². The van der Waals surface area contributed by atoms with Crippen LogP contribution in [0.3, 0.4) is 0 Å². The zero-order chi connectivity index (χ0) is 24.1. The molecule has 0 bridgehead atoms. The van der Waals surface area contributed by atoms with Gasteiger partial charge in [0.1, 0.15) is 30.2 Å². The Kier molecular flexibility index (Phi) is 8.57. The summed E-state index contributed by atoms with van der Waals surface area (Å²) in [6.45, 7) is 2.25. The Morgan fingerprint density at radius 2 is 1.79 bits per heavy atom. The fraction of sp³-hybridized carbons (Fsp3) is 0.640. The van der Waals surface area contributed by atoms with Gasteiger partial charge in [0.25, 0.3) is 0 Å². The molecule has 188 valence electrons. The molecule has 0 amide bonds. The molecule has 0 unspecified atom stereocenters. The maximum absolute atomic E-state index is 12.2. The highest BCUT2D eigenvalue weighted by Gasteiger charge is 2.44.